The summed E-state index contributed by atoms with van der Waals surface area (Å²) in [6.07, 6.45) is 0. The van der Waals surface area contributed by atoms with Gasteiger partial charge in [0.1, 0.15) is 12.2 Å². The van der Waals surface area contributed by atoms with Crippen molar-refractivity contribution < 1.29 is 4.39 Å². The van der Waals surface area contributed by atoms with E-state index in [4.69, 9.17) is 0 Å². The van der Waals surface area contributed by atoms with Crippen LogP contribution in [-0.4, -0.2) is 26.7 Å². The van der Waals surface area contributed by atoms with Crippen LogP contribution >= 0.6 is 0 Å². The number of alkyl halides is 1. The Kier molecular flexibility index (Phi) is 1.92. The van der Waals surface area contributed by atoms with Gasteiger partial charge in [0.25, 0.3) is 0 Å². The van der Waals surface area contributed by atoms with Crippen LogP contribution in [-0.2, 0) is 6.54 Å². The number of hydrogen-bond donors (Lipinski definition) is 0. The summed E-state index contributed by atoms with van der Waals surface area (Å²) in [5.41, 5.74) is 2.24. The summed E-state index contributed by atoms with van der Waals surface area (Å²) in [6, 6.07) is 3.69. The fourth-order valence-electron chi connectivity index (χ4n) is 1.18. The van der Waals surface area contributed by atoms with E-state index >= 15 is 0 Å². The fraction of sp³-hybridized carbons (Fsp3) is 0.375. The Labute approximate surface area is 74.4 Å². The molecule has 2 aromatic rings. The number of aromatic nitrogens is 4. The predicted molar refractivity (Wildman–Crippen MR) is 46.0 cm³/mol. The van der Waals surface area contributed by atoms with Crippen LogP contribution in [0.3, 0.4) is 0 Å². The second kappa shape index (κ2) is 3.08. The number of nitrogens with zero attached hydrogens (tertiary/aromatic N) is 4. The maximum absolute atomic E-state index is 12.1. The largest absolute Gasteiger partial charge is 0.249 e. The van der Waals surface area contributed by atoms with Crippen molar-refractivity contribution in [3.63, 3.8) is 0 Å². The molecule has 0 atom stereocenters. The standard InChI is InChI=1S/C8H9FN4/c1-6-2-3-7-8(10-6)13(5-4-9)12-11-7/h2-3H,4-5H2,1H3. The highest BCUT2D eigenvalue weighted by atomic mass is 19.1. The third kappa shape index (κ3) is 1.37. The second-order valence-corrected chi connectivity index (χ2v) is 2.80. The van der Waals surface area contributed by atoms with Gasteiger partial charge in [0.15, 0.2) is 5.65 Å². The van der Waals surface area contributed by atoms with E-state index in [9.17, 15) is 4.39 Å². The molecule has 68 valence electrons. The van der Waals surface area contributed by atoms with E-state index in [0.717, 1.165) is 5.69 Å². The molecular weight excluding hydrogens is 171 g/mol. The highest BCUT2D eigenvalue weighted by molar-refractivity contribution is 5.69. The number of rotatable bonds is 2. The smallest absolute Gasteiger partial charge is 0.178 e. The van der Waals surface area contributed by atoms with Crippen LogP contribution in [0.4, 0.5) is 4.39 Å². The molecule has 5 heteroatoms. The first-order valence-electron chi connectivity index (χ1n) is 4.04. The predicted octanol–water partition coefficient (Wildman–Crippen LogP) is 1.10. The summed E-state index contributed by atoms with van der Waals surface area (Å²) in [7, 11) is 0. The van der Waals surface area contributed by atoms with Crippen molar-refractivity contribution in [1.29, 1.82) is 0 Å². The number of fused-ring (bicyclic) bond motifs is 1. The van der Waals surface area contributed by atoms with Crippen molar-refractivity contribution in [2.45, 2.75) is 13.5 Å². The lowest BCUT2D eigenvalue weighted by Gasteiger charge is -1.96. The van der Waals surface area contributed by atoms with Gasteiger partial charge in [-0.2, -0.15) is 0 Å². The molecule has 2 rings (SSSR count). The Morgan fingerprint density at radius 2 is 2.31 bits per heavy atom. The summed E-state index contributed by atoms with van der Waals surface area (Å²) in [6.45, 7) is 1.65. The molecular formula is C8H9FN4. The number of halogens is 1. The lowest BCUT2D eigenvalue weighted by atomic mass is 10.3. The van der Waals surface area contributed by atoms with Gasteiger partial charge < -0.3 is 0 Å². The van der Waals surface area contributed by atoms with Crippen LogP contribution in [0.5, 0.6) is 0 Å². The molecule has 0 saturated carbocycles. The summed E-state index contributed by atoms with van der Waals surface area (Å²) in [5.74, 6) is 0. The van der Waals surface area contributed by atoms with Crippen molar-refractivity contribution in [2.75, 3.05) is 6.67 Å². The van der Waals surface area contributed by atoms with Gasteiger partial charge in [-0.25, -0.2) is 14.1 Å². The van der Waals surface area contributed by atoms with Crippen molar-refractivity contribution in [3.8, 4) is 0 Å². The quantitative estimate of drug-likeness (QED) is 0.695. The van der Waals surface area contributed by atoms with Crippen LogP contribution in [0.2, 0.25) is 0 Å². The van der Waals surface area contributed by atoms with Gasteiger partial charge in [-0.1, -0.05) is 5.21 Å². The third-order valence-electron chi connectivity index (χ3n) is 1.79. The van der Waals surface area contributed by atoms with Crippen molar-refractivity contribution in [2.24, 2.45) is 0 Å². The zero-order chi connectivity index (χ0) is 9.26. The Hall–Kier alpha value is -1.52. The first-order valence-corrected chi connectivity index (χ1v) is 4.04. The summed E-state index contributed by atoms with van der Waals surface area (Å²) >= 11 is 0. The normalized spacial score (nSPS) is 10.9. The Morgan fingerprint density at radius 1 is 1.46 bits per heavy atom. The molecule has 0 aliphatic heterocycles. The highest BCUT2D eigenvalue weighted by Crippen LogP contribution is 2.08. The zero-order valence-corrected chi connectivity index (χ0v) is 7.24. The van der Waals surface area contributed by atoms with E-state index < -0.39 is 6.67 Å². The molecule has 0 spiro atoms. The van der Waals surface area contributed by atoms with Gasteiger partial charge >= 0.3 is 0 Å². The van der Waals surface area contributed by atoms with Gasteiger partial charge in [-0.05, 0) is 19.1 Å². The molecule has 0 unspecified atom stereocenters. The van der Waals surface area contributed by atoms with Crippen molar-refractivity contribution in [1.82, 2.24) is 20.0 Å². The molecule has 2 aromatic heterocycles. The monoisotopic (exact) mass is 180 g/mol. The first kappa shape index (κ1) is 8.10. The first-order chi connectivity index (χ1) is 6.31. The minimum absolute atomic E-state index is 0.215. The minimum atomic E-state index is -0.450. The third-order valence-corrected chi connectivity index (χ3v) is 1.79. The molecule has 13 heavy (non-hydrogen) atoms. The maximum atomic E-state index is 12.1. The second-order valence-electron chi connectivity index (χ2n) is 2.80. The fourth-order valence-corrected chi connectivity index (χ4v) is 1.18. The lowest BCUT2D eigenvalue weighted by molar-refractivity contribution is 0.426. The molecule has 4 nitrogen and oxygen atoms in total. The molecule has 0 saturated heterocycles. The Balaban J connectivity index is 2.58. The van der Waals surface area contributed by atoms with E-state index in [2.05, 4.69) is 15.3 Å². The Morgan fingerprint density at radius 3 is 3.08 bits per heavy atom. The van der Waals surface area contributed by atoms with Crippen molar-refractivity contribution >= 4 is 11.2 Å². The van der Waals surface area contributed by atoms with E-state index in [0.29, 0.717) is 11.2 Å². The van der Waals surface area contributed by atoms with Crippen LogP contribution < -0.4 is 0 Å². The molecule has 0 amide bonds. The van der Waals surface area contributed by atoms with E-state index in [1.807, 2.05) is 19.1 Å². The number of pyridine rings is 1. The van der Waals surface area contributed by atoms with E-state index in [-0.39, 0.29) is 6.54 Å². The average Bonchev–Trinajstić information content (AvgIpc) is 2.49. The number of hydrogen-bond acceptors (Lipinski definition) is 3. The molecule has 0 N–H and O–H groups in total. The van der Waals surface area contributed by atoms with Crippen LogP contribution in [0.25, 0.3) is 11.2 Å². The van der Waals surface area contributed by atoms with Gasteiger partial charge in [0.2, 0.25) is 0 Å². The number of aryl methyl sites for hydroxylation is 2. The average molecular weight is 180 g/mol. The van der Waals surface area contributed by atoms with E-state index in [1.165, 1.54) is 4.68 Å². The lowest BCUT2D eigenvalue weighted by Crippen LogP contribution is -2.02. The topological polar surface area (TPSA) is 43.6 Å². The van der Waals surface area contributed by atoms with Gasteiger partial charge in [0, 0.05) is 5.69 Å². The molecule has 0 aliphatic carbocycles. The van der Waals surface area contributed by atoms with E-state index in [1.54, 1.807) is 0 Å². The van der Waals surface area contributed by atoms with Crippen molar-refractivity contribution in [3.05, 3.63) is 17.8 Å². The molecule has 0 aliphatic rings. The summed E-state index contributed by atoms with van der Waals surface area (Å²) in [4.78, 5) is 4.23. The zero-order valence-electron chi connectivity index (χ0n) is 7.24. The maximum Gasteiger partial charge on any atom is 0.178 e. The molecule has 0 bridgehead atoms. The van der Waals surface area contributed by atoms with Crippen LogP contribution in [0.1, 0.15) is 5.69 Å². The molecule has 0 fully saturated rings. The molecule has 2 heterocycles. The van der Waals surface area contributed by atoms with Gasteiger partial charge in [-0.3, -0.25) is 0 Å². The van der Waals surface area contributed by atoms with Crippen LogP contribution in [0.15, 0.2) is 12.1 Å². The molecule has 0 aromatic carbocycles. The molecule has 0 radical (unpaired) electrons. The Bertz CT molecular complexity index is 423. The summed E-state index contributed by atoms with van der Waals surface area (Å²) in [5, 5.41) is 7.65. The SMILES string of the molecule is Cc1ccc2nnn(CCF)c2n1. The minimum Gasteiger partial charge on any atom is -0.249 e. The van der Waals surface area contributed by atoms with Gasteiger partial charge in [-0.15, -0.1) is 5.10 Å². The highest BCUT2D eigenvalue weighted by Gasteiger charge is 2.04. The van der Waals surface area contributed by atoms with Gasteiger partial charge in [0.05, 0.1) is 6.54 Å². The summed E-state index contributed by atoms with van der Waals surface area (Å²) < 4.78 is 13.5. The van der Waals surface area contributed by atoms with Crippen LogP contribution in [0, 0.1) is 6.92 Å².